The van der Waals surface area contributed by atoms with Crippen molar-refractivity contribution in [2.45, 2.75) is 25.0 Å². The minimum Gasteiger partial charge on any atom is -0.325 e. The second-order valence-electron chi connectivity index (χ2n) is 3.95. The zero-order chi connectivity index (χ0) is 11.5. The third-order valence-corrected chi connectivity index (χ3v) is 4.91. The molecule has 1 saturated heterocycles. The first-order valence-corrected chi connectivity index (χ1v) is 7.19. The van der Waals surface area contributed by atoms with Crippen LogP contribution in [-0.4, -0.2) is 16.9 Å². The first-order valence-electron chi connectivity index (χ1n) is 5.35. The van der Waals surface area contributed by atoms with Crippen LogP contribution in [0.4, 0.5) is 5.69 Å². The summed E-state index contributed by atoms with van der Waals surface area (Å²) in [6.45, 7) is 2.02. The summed E-state index contributed by atoms with van der Waals surface area (Å²) >= 11 is 5.20. The zero-order valence-corrected chi connectivity index (χ0v) is 11.5. The van der Waals surface area contributed by atoms with Crippen molar-refractivity contribution in [1.82, 2.24) is 0 Å². The van der Waals surface area contributed by atoms with Crippen LogP contribution in [0.1, 0.15) is 18.4 Å². The van der Waals surface area contributed by atoms with Crippen molar-refractivity contribution < 1.29 is 4.79 Å². The number of nitrogens with one attached hydrogen (secondary N) is 1. The minimum absolute atomic E-state index is 0.143. The van der Waals surface area contributed by atoms with E-state index in [0.29, 0.717) is 0 Å². The number of benzene rings is 1. The van der Waals surface area contributed by atoms with Crippen LogP contribution in [0, 0.1) is 6.92 Å². The van der Waals surface area contributed by atoms with Gasteiger partial charge in [0.1, 0.15) is 0 Å². The van der Waals surface area contributed by atoms with E-state index in [9.17, 15) is 4.79 Å². The average molecular weight is 300 g/mol. The number of hydrogen-bond acceptors (Lipinski definition) is 2. The molecule has 0 bridgehead atoms. The normalized spacial score (nSPS) is 19.8. The maximum absolute atomic E-state index is 11.9. The molecule has 1 atom stereocenters. The summed E-state index contributed by atoms with van der Waals surface area (Å²) in [7, 11) is 0. The van der Waals surface area contributed by atoms with Crippen LogP contribution in [0.5, 0.6) is 0 Å². The summed E-state index contributed by atoms with van der Waals surface area (Å²) < 4.78 is 1.07. The first-order chi connectivity index (χ1) is 7.66. The Hall–Kier alpha value is -0.480. The Bertz CT molecular complexity index is 402. The molecule has 2 rings (SSSR count). The molecule has 2 nitrogen and oxygen atoms in total. The molecule has 1 aromatic rings. The number of thioether (sulfide) groups is 1. The lowest BCUT2D eigenvalue weighted by Crippen LogP contribution is -2.22. The number of anilines is 1. The van der Waals surface area contributed by atoms with Crippen LogP contribution in [0.15, 0.2) is 22.7 Å². The minimum atomic E-state index is 0.143. The number of rotatable bonds is 2. The standard InChI is InChI=1S/C12H14BrNOS/c1-8-7-9(4-5-10(8)13)14-12(15)11-3-2-6-16-11/h4-5,7,11H,2-3,6H2,1H3,(H,14,15). The highest BCUT2D eigenvalue weighted by atomic mass is 79.9. The number of carbonyl (C=O) groups is 1. The Morgan fingerprint density at radius 2 is 2.38 bits per heavy atom. The molecule has 1 unspecified atom stereocenters. The molecule has 0 radical (unpaired) electrons. The van der Waals surface area contributed by atoms with Crippen LogP contribution in [0.25, 0.3) is 0 Å². The largest absolute Gasteiger partial charge is 0.325 e. The van der Waals surface area contributed by atoms with E-state index in [2.05, 4.69) is 21.2 Å². The van der Waals surface area contributed by atoms with Crippen molar-refractivity contribution in [1.29, 1.82) is 0 Å². The molecule has 1 fully saturated rings. The number of halogens is 1. The van der Waals surface area contributed by atoms with E-state index in [4.69, 9.17) is 0 Å². The van der Waals surface area contributed by atoms with Gasteiger partial charge in [0.05, 0.1) is 5.25 Å². The molecule has 1 aromatic carbocycles. The van der Waals surface area contributed by atoms with Gasteiger partial charge >= 0.3 is 0 Å². The summed E-state index contributed by atoms with van der Waals surface area (Å²) in [5.74, 6) is 1.25. The van der Waals surface area contributed by atoms with Gasteiger partial charge in [-0.3, -0.25) is 4.79 Å². The smallest absolute Gasteiger partial charge is 0.237 e. The molecular weight excluding hydrogens is 286 g/mol. The highest BCUT2D eigenvalue weighted by Gasteiger charge is 2.23. The SMILES string of the molecule is Cc1cc(NC(=O)C2CCCS2)ccc1Br. The highest BCUT2D eigenvalue weighted by Crippen LogP contribution is 2.27. The molecule has 16 heavy (non-hydrogen) atoms. The lowest BCUT2D eigenvalue weighted by atomic mass is 10.2. The average Bonchev–Trinajstić information content (AvgIpc) is 2.77. The van der Waals surface area contributed by atoms with Crippen molar-refractivity contribution in [3.63, 3.8) is 0 Å². The maximum atomic E-state index is 11.9. The lowest BCUT2D eigenvalue weighted by molar-refractivity contribution is -0.115. The molecule has 1 aliphatic rings. The predicted molar refractivity (Wildman–Crippen MR) is 73.0 cm³/mol. The quantitative estimate of drug-likeness (QED) is 0.904. The Morgan fingerprint density at radius 3 is 3.00 bits per heavy atom. The van der Waals surface area contributed by atoms with Gasteiger partial charge in [-0.15, -0.1) is 11.8 Å². The van der Waals surface area contributed by atoms with Crippen molar-refractivity contribution in [3.05, 3.63) is 28.2 Å². The number of amides is 1. The fourth-order valence-electron chi connectivity index (χ4n) is 1.73. The van der Waals surface area contributed by atoms with Gasteiger partial charge in [0.15, 0.2) is 0 Å². The summed E-state index contributed by atoms with van der Waals surface area (Å²) in [6, 6.07) is 5.88. The van der Waals surface area contributed by atoms with Crippen LogP contribution >= 0.6 is 27.7 Å². The fourth-order valence-corrected chi connectivity index (χ4v) is 3.14. The molecular formula is C12H14BrNOS. The van der Waals surface area contributed by atoms with Gasteiger partial charge in [0.25, 0.3) is 0 Å². The van der Waals surface area contributed by atoms with Crippen LogP contribution < -0.4 is 5.32 Å². The molecule has 1 aliphatic heterocycles. The van der Waals surface area contributed by atoms with Crippen molar-refractivity contribution >= 4 is 39.3 Å². The number of carbonyl (C=O) groups excluding carboxylic acids is 1. The number of hydrogen-bond donors (Lipinski definition) is 1. The van der Waals surface area contributed by atoms with E-state index in [1.807, 2.05) is 25.1 Å². The van der Waals surface area contributed by atoms with E-state index < -0.39 is 0 Å². The summed E-state index contributed by atoms with van der Waals surface area (Å²) in [5.41, 5.74) is 2.02. The monoisotopic (exact) mass is 299 g/mol. The van der Waals surface area contributed by atoms with Gasteiger partial charge < -0.3 is 5.32 Å². The molecule has 86 valence electrons. The molecule has 0 aliphatic carbocycles. The number of aryl methyl sites for hydroxylation is 1. The van der Waals surface area contributed by atoms with Gasteiger partial charge in [0.2, 0.25) is 5.91 Å². The van der Waals surface area contributed by atoms with E-state index in [1.54, 1.807) is 11.8 Å². The third-order valence-electron chi connectivity index (χ3n) is 2.65. The van der Waals surface area contributed by atoms with Gasteiger partial charge in [-0.1, -0.05) is 15.9 Å². The van der Waals surface area contributed by atoms with Crippen LogP contribution in [-0.2, 0) is 4.79 Å². The second kappa shape index (κ2) is 5.23. The van der Waals surface area contributed by atoms with E-state index >= 15 is 0 Å². The van der Waals surface area contributed by atoms with Crippen LogP contribution in [0.3, 0.4) is 0 Å². The van der Waals surface area contributed by atoms with Crippen molar-refractivity contribution in [2.75, 3.05) is 11.1 Å². The van der Waals surface area contributed by atoms with Gasteiger partial charge in [0, 0.05) is 10.2 Å². The Balaban J connectivity index is 2.02. The predicted octanol–water partition coefficient (Wildman–Crippen LogP) is 3.59. The highest BCUT2D eigenvalue weighted by molar-refractivity contribution is 9.10. The molecule has 1 N–H and O–H groups in total. The van der Waals surface area contributed by atoms with Gasteiger partial charge in [-0.25, -0.2) is 0 Å². The van der Waals surface area contributed by atoms with E-state index in [1.165, 1.54) is 0 Å². The molecule has 1 amide bonds. The molecule has 1 heterocycles. The van der Waals surface area contributed by atoms with E-state index in [-0.39, 0.29) is 11.2 Å². The maximum Gasteiger partial charge on any atom is 0.237 e. The molecule has 0 spiro atoms. The van der Waals surface area contributed by atoms with Gasteiger partial charge in [-0.2, -0.15) is 0 Å². The van der Waals surface area contributed by atoms with Crippen LogP contribution in [0.2, 0.25) is 0 Å². The van der Waals surface area contributed by atoms with Crippen molar-refractivity contribution in [2.24, 2.45) is 0 Å². The molecule has 0 saturated carbocycles. The lowest BCUT2D eigenvalue weighted by Gasteiger charge is -2.10. The Kier molecular flexibility index (Phi) is 3.92. The van der Waals surface area contributed by atoms with Gasteiger partial charge in [-0.05, 0) is 49.3 Å². The first kappa shape index (κ1) is 12.0. The topological polar surface area (TPSA) is 29.1 Å². The summed E-state index contributed by atoms with van der Waals surface area (Å²) in [6.07, 6.45) is 2.16. The molecule has 0 aromatic heterocycles. The zero-order valence-electron chi connectivity index (χ0n) is 9.13. The Morgan fingerprint density at radius 1 is 1.56 bits per heavy atom. The molecule has 4 heteroatoms. The van der Waals surface area contributed by atoms with Crippen molar-refractivity contribution in [3.8, 4) is 0 Å². The second-order valence-corrected chi connectivity index (χ2v) is 6.12. The summed E-state index contributed by atoms with van der Waals surface area (Å²) in [5, 5.41) is 3.11. The Labute approximate surface area is 108 Å². The summed E-state index contributed by atoms with van der Waals surface area (Å²) in [4.78, 5) is 11.9. The fraction of sp³-hybridized carbons (Fsp3) is 0.417. The third kappa shape index (κ3) is 2.80. The van der Waals surface area contributed by atoms with E-state index in [0.717, 1.165) is 34.3 Å².